The molecule has 6 heteroatoms. The quantitative estimate of drug-likeness (QED) is 0.160. The summed E-state index contributed by atoms with van der Waals surface area (Å²) < 4.78 is 19.4. The molecule has 1 amide bonds. The van der Waals surface area contributed by atoms with Gasteiger partial charge in [0.2, 0.25) is 0 Å². The van der Waals surface area contributed by atoms with Gasteiger partial charge in [-0.3, -0.25) is 14.5 Å². The third-order valence-electron chi connectivity index (χ3n) is 6.40. The SMILES string of the molecule is CCCCCOc1ccc(/C(O)=C2\C(=O)C(=O)N(c3ccc(CC)cc3)C2c2ccc(F)cc2)cc1. The van der Waals surface area contributed by atoms with E-state index in [1.807, 2.05) is 19.1 Å². The number of aliphatic hydroxyl groups excluding tert-OH is 1. The van der Waals surface area contributed by atoms with Crippen molar-refractivity contribution in [2.24, 2.45) is 0 Å². The summed E-state index contributed by atoms with van der Waals surface area (Å²) in [7, 11) is 0. The molecule has 0 saturated carbocycles. The second-order valence-electron chi connectivity index (χ2n) is 8.82. The second-order valence-corrected chi connectivity index (χ2v) is 8.82. The van der Waals surface area contributed by atoms with Crippen LogP contribution in [0.25, 0.3) is 5.76 Å². The minimum atomic E-state index is -0.900. The van der Waals surface area contributed by atoms with Crippen LogP contribution >= 0.6 is 0 Å². The Kier molecular flexibility index (Phi) is 7.84. The monoisotopic (exact) mass is 487 g/mol. The van der Waals surface area contributed by atoms with Crippen LogP contribution in [0.15, 0.2) is 78.4 Å². The molecular weight excluding hydrogens is 457 g/mol. The smallest absolute Gasteiger partial charge is 0.300 e. The molecule has 1 aliphatic heterocycles. The minimum Gasteiger partial charge on any atom is -0.507 e. The van der Waals surface area contributed by atoms with Crippen molar-refractivity contribution in [3.8, 4) is 5.75 Å². The van der Waals surface area contributed by atoms with Crippen LogP contribution in [0.1, 0.15) is 55.8 Å². The molecule has 1 saturated heterocycles. The summed E-state index contributed by atoms with van der Waals surface area (Å²) in [5.41, 5.74) is 2.49. The number of anilines is 1. The summed E-state index contributed by atoms with van der Waals surface area (Å²) in [5, 5.41) is 11.2. The van der Waals surface area contributed by atoms with Crippen molar-refractivity contribution in [2.45, 2.75) is 45.6 Å². The Hall–Kier alpha value is -3.93. The molecule has 1 unspecified atom stereocenters. The van der Waals surface area contributed by atoms with Crippen molar-refractivity contribution in [3.05, 3.63) is 101 Å². The molecule has 1 fully saturated rings. The van der Waals surface area contributed by atoms with E-state index < -0.39 is 23.5 Å². The van der Waals surface area contributed by atoms with Crippen LogP contribution in [0.2, 0.25) is 0 Å². The fourth-order valence-electron chi connectivity index (χ4n) is 4.36. The van der Waals surface area contributed by atoms with Gasteiger partial charge in [-0.1, -0.05) is 51.0 Å². The molecule has 1 atom stereocenters. The van der Waals surface area contributed by atoms with E-state index in [4.69, 9.17) is 4.74 Å². The van der Waals surface area contributed by atoms with Gasteiger partial charge >= 0.3 is 0 Å². The summed E-state index contributed by atoms with van der Waals surface area (Å²) in [6.07, 6.45) is 3.98. The molecule has 0 spiro atoms. The lowest BCUT2D eigenvalue weighted by Gasteiger charge is -2.25. The number of hydrogen-bond acceptors (Lipinski definition) is 4. The number of Topliss-reactive ketones (excluding diaryl/α,β-unsaturated/α-hetero) is 1. The van der Waals surface area contributed by atoms with Crippen molar-refractivity contribution < 1.29 is 23.8 Å². The maximum absolute atomic E-state index is 13.7. The molecule has 0 radical (unpaired) electrons. The number of carbonyl (C=O) groups is 2. The van der Waals surface area contributed by atoms with Gasteiger partial charge in [-0.25, -0.2) is 4.39 Å². The lowest BCUT2D eigenvalue weighted by Crippen LogP contribution is -2.29. The zero-order chi connectivity index (χ0) is 25.7. The first kappa shape index (κ1) is 25.2. The largest absolute Gasteiger partial charge is 0.507 e. The van der Waals surface area contributed by atoms with Gasteiger partial charge in [-0.15, -0.1) is 0 Å². The van der Waals surface area contributed by atoms with Crippen molar-refractivity contribution in [1.82, 2.24) is 0 Å². The number of rotatable bonds is 9. The molecule has 0 aliphatic carbocycles. The predicted molar refractivity (Wildman–Crippen MR) is 138 cm³/mol. The fourth-order valence-corrected chi connectivity index (χ4v) is 4.36. The average molecular weight is 488 g/mol. The van der Waals surface area contributed by atoms with Crippen LogP contribution in [0.3, 0.4) is 0 Å². The number of nitrogens with zero attached hydrogens (tertiary/aromatic N) is 1. The number of amides is 1. The van der Waals surface area contributed by atoms with E-state index in [0.717, 1.165) is 31.2 Å². The fraction of sp³-hybridized carbons (Fsp3) is 0.267. The number of hydrogen-bond donors (Lipinski definition) is 1. The Balaban J connectivity index is 1.74. The van der Waals surface area contributed by atoms with Gasteiger partial charge in [0, 0.05) is 11.3 Å². The lowest BCUT2D eigenvalue weighted by molar-refractivity contribution is -0.132. The molecule has 0 aromatic heterocycles. The van der Waals surface area contributed by atoms with Crippen LogP contribution in [0, 0.1) is 5.82 Å². The molecule has 0 bridgehead atoms. The Morgan fingerprint density at radius 3 is 2.19 bits per heavy atom. The molecule has 1 N–H and O–H groups in total. The zero-order valence-electron chi connectivity index (χ0n) is 20.5. The number of carbonyl (C=O) groups excluding carboxylic acids is 2. The van der Waals surface area contributed by atoms with E-state index in [2.05, 4.69) is 6.92 Å². The Labute approximate surface area is 210 Å². The minimum absolute atomic E-state index is 0.0391. The number of ketones is 1. The highest BCUT2D eigenvalue weighted by molar-refractivity contribution is 6.51. The van der Waals surface area contributed by atoms with Gasteiger partial charge in [0.25, 0.3) is 11.7 Å². The third kappa shape index (κ3) is 5.18. The average Bonchev–Trinajstić information content (AvgIpc) is 3.17. The number of ether oxygens (including phenoxy) is 1. The highest BCUT2D eigenvalue weighted by atomic mass is 19.1. The van der Waals surface area contributed by atoms with Crippen LogP contribution in [0.4, 0.5) is 10.1 Å². The van der Waals surface area contributed by atoms with Gasteiger partial charge in [-0.05, 0) is 72.5 Å². The standard InChI is InChI=1S/C30H30FNO4/c1-3-5-6-19-36-25-17-11-22(12-18-25)28(33)26-27(21-9-13-23(31)14-10-21)32(30(35)29(26)34)24-15-7-20(4-2)8-16-24/h7-18,27,33H,3-6,19H2,1-2H3/b28-26+. The maximum atomic E-state index is 13.7. The van der Waals surface area contributed by atoms with Crippen LogP contribution in [-0.4, -0.2) is 23.4 Å². The summed E-state index contributed by atoms with van der Waals surface area (Å²) in [5.74, 6) is -1.59. The van der Waals surface area contributed by atoms with E-state index >= 15 is 0 Å². The Morgan fingerprint density at radius 1 is 0.917 bits per heavy atom. The predicted octanol–water partition coefficient (Wildman–Crippen LogP) is 6.58. The van der Waals surface area contributed by atoms with Gasteiger partial charge < -0.3 is 9.84 Å². The first-order valence-corrected chi connectivity index (χ1v) is 12.3. The normalized spacial score (nSPS) is 17.0. The summed E-state index contributed by atoms with van der Waals surface area (Å²) in [4.78, 5) is 27.8. The summed E-state index contributed by atoms with van der Waals surface area (Å²) in [6.45, 7) is 4.76. The van der Waals surface area contributed by atoms with Crippen LogP contribution < -0.4 is 9.64 Å². The topological polar surface area (TPSA) is 66.8 Å². The number of halogens is 1. The summed E-state index contributed by atoms with van der Waals surface area (Å²) in [6, 6.07) is 18.9. The van der Waals surface area contributed by atoms with Gasteiger partial charge in [0.15, 0.2) is 0 Å². The molecule has 36 heavy (non-hydrogen) atoms. The van der Waals surface area contributed by atoms with E-state index in [-0.39, 0.29) is 11.3 Å². The molecular formula is C30H30FNO4. The Bertz CT molecular complexity index is 1250. The molecule has 5 nitrogen and oxygen atoms in total. The highest BCUT2D eigenvalue weighted by Gasteiger charge is 2.46. The number of aliphatic hydroxyl groups is 1. The van der Waals surface area contributed by atoms with Gasteiger partial charge in [0.1, 0.15) is 17.3 Å². The van der Waals surface area contributed by atoms with Crippen molar-refractivity contribution in [1.29, 1.82) is 0 Å². The highest BCUT2D eigenvalue weighted by Crippen LogP contribution is 2.42. The first-order chi connectivity index (χ1) is 17.4. The number of benzene rings is 3. The van der Waals surface area contributed by atoms with Crippen molar-refractivity contribution in [3.63, 3.8) is 0 Å². The molecule has 186 valence electrons. The Morgan fingerprint density at radius 2 is 1.58 bits per heavy atom. The van der Waals surface area contributed by atoms with Crippen molar-refractivity contribution >= 4 is 23.1 Å². The van der Waals surface area contributed by atoms with Gasteiger partial charge in [-0.2, -0.15) is 0 Å². The molecule has 1 heterocycles. The number of unbranched alkanes of at least 4 members (excludes halogenated alkanes) is 2. The van der Waals surface area contributed by atoms with E-state index in [1.54, 1.807) is 36.4 Å². The van der Waals surface area contributed by atoms with E-state index in [1.165, 1.54) is 29.2 Å². The maximum Gasteiger partial charge on any atom is 0.300 e. The van der Waals surface area contributed by atoms with E-state index in [0.29, 0.717) is 29.2 Å². The van der Waals surface area contributed by atoms with Crippen molar-refractivity contribution in [2.75, 3.05) is 11.5 Å². The van der Waals surface area contributed by atoms with Crippen LogP contribution in [0.5, 0.6) is 5.75 Å². The third-order valence-corrected chi connectivity index (χ3v) is 6.40. The molecule has 1 aliphatic rings. The first-order valence-electron chi connectivity index (χ1n) is 12.3. The molecule has 3 aromatic rings. The molecule has 3 aromatic carbocycles. The summed E-state index contributed by atoms with van der Waals surface area (Å²) >= 11 is 0. The van der Waals surface area contributed by atoms with Gasteiger partial charge in [0.05, 0.1) is 18.2 Å². The van der Waals surface area contributed by atoms with E-state index in [9.17, 15) is 19.1 Å². The lowest BCUT2D eigenvalue weighted by atomic mass is 9.95. The van der Waals surface area contributed by atoms with Crippen LogP contribution in [-0.2, 0) is 16.0 Å². The zero-order valence-corrected chi connectivity index (χ0v) is 20.5. The molecule has 4 rings (SSSR count). The number of aryl methyl sites for hydroxylation is 1. The second kappa shape index (κ2) is 11.2.